The van der Waals surface area contributed by atoms with E-state index in [4.69, 9.17) is 4.74 Å². The van der Waals surface area contributed by atoms with Gasteiger partial charge in [0.25, 0.3) is 5.91 Å². The Labute approximate surface area is 114 Å². The predicted octanol–water partition coefficient (Wildman–Crippen LogP) is 1.70. The number of methoxy groups -OCH3 is 1. The van der Waals surface area contributed by atoms with Crippen LogP contribution in [0, 0.1) is 0 Å². The molecular formula is C15H22N2O2. The van der Waals surface area contributed by atoms with E-state index in [2.05, 4.69) is 17.6 Å². The maximum atomic E-state index is 12.2. The molecule has 0 aromatic heterocycles. The maximum Gasteiger partial charge on any atom is 0.251 e. The van der Waals surface area contributed by atoms with Crippen molar-refractivity contribution in [2.45, 2.75) is 38.5 Å². The standard InChI is InChI=1S/C15H22N2O2/c1-11-14(4-3-9-16-11)17-15(18)13-7-5-12(6-8-13)10-19-2/h5-8,11,14,16H,3-4,9-10H2,1-2H3,(H,17,18). The van der Waals surface area contributed by atoms with Crippen LogP contribution in [0.1, 0.15) is 35.7 Å². The number of benzene rings is 1. The number of ether oxygens (including phenoxy) is 1. The van der Waals surface area contributed by atoms with Gasteiger partial charge >= 0.3 is 0 Å². The minimum Gasteiger partial charge on any atom is -0.380 e. The summed E-state index contributed by atoms with van der Waals surface area (Å²) in [5.74, 6) is 0.00418. The van der Waals surface area contributed by atoms with Crippen LogP contribution >= 0.6 is 0 Å². The largest absolute Gasteiger partial charge is 0.380 e. The molecule has 0 saturated carbocycles. The van der Waals surface area contributed by atoms with Crippen molar-refractivity contribution < 1.29 is 9.53 Å². The molecule has 1 aromatic rings. The lowest BCUT2D eigenvalue weighted by Crippen LogP contribution is -2.51. The van der Waals surface area contributed by atoms with Crippen LogP contribution in [0.5, 0.6) is 0 Å². The molecule has 1 saturated heterocycles. The number of hydrogen-bond donors (Lipinski definition) is 2. The molecule has 2 rings (SSSR count). The van der Waals surface area contributed by atoms with Gasteiger partial charge in [-0.2, -0.15) is 0 Å². The van der Waals surface area contributed by atoms with E-state index < -0.39 is 0 Å². The summed E-state index contributed by atoms with van der Waals surface area (Å²) in [6.07, 6.45) is 2.16. The Morgan fingerprint density at radius 2 is 2.16 bits per heavy atom. The highest BCUT2D eigenvalue weighted by Crippen LogP contribution is 2.10. The third kappa shape index (κ3) is 3.78. The molecule has 1 aliphatic rings. The smallest absolute Gasteiger partial charge is 0.251 e. The van der Waals surface area contributed by atoms with Gasteiger partial charge in [0.1, 0.15) is 0 Å². The van der Waals surface area contributed by atoms with Crippen molar-refractivity contribution in [2.75, 3.05) is 13.7 Å². The summed E-state index contributed by atoms with van der Waals surface area (Å²) in [5.41, 5.74) is 1.78. The summed E-state index contributed by atoms with van der Waals surface area (Å²) in [5, 5.41) is 6.49. The second-order valence-electron chi connectivity index (χ2n) is 5.09. The number of piperidine rings is 1. The van der Waals surface area contributed by atoms with Crippen molar-refractivity contribution in [1.82, 2.24) is 10.6 Å². The molecule has 2 atom stereocenters. The summed E-state index contributed by atoms with van der Waals surface area (Å²) >= 11 is 0. The minimum absolute atomic E-state index is 0.00418. The minimum atomic E-state index is 0.00418. The van der Waals surface area contributed by atoms with Crippen LogP contribution in [-0.2, 0) is 11.3 Å². The molecule has 1 aromatic carbocycles. The van der Waals surface area contributed by atoms with E-state index >= 15 is 0 Å². The monoisotopic (exact) mass is 262 g/mol. The zero-order valence-electron chi connectivity index (χ0n) is 11.6. The van der Waals surface area contributed by atoms with E-state index in [0.29, 0.717) is 18.2 Å². The average molecular weight is 262 g/mol. The van der Waals surface area contributed by atoms with E-state index in [-0.39, 0.29) is 11.9 Å². The average Bonchev–Trinajstić information content (AvgIpc) is 2.42. The summed E-state index contributed by atoms with van der Waals surface area (Å²) in [7, 11) is 1.66. The SMILES string of the molecule is COCc1ccc(C(=O)NC2CCCNC2C)cc1. The van der Waals surface area contributed by atoms with Crippen molar-refractivity contribution in [3.63, 3.8) is 0 Å². The number of rotatable bonds is 4. The summed E-state index contributed by atoms with van der Waals surface area (Å²) in [4.78, 5) is 12.2. The first-order valence-corrected chi connectivity index (χ1v) is 6.83. The number of carbonyl (C=O) groups is 1. The van der Waals surface area contributed by atoms with Crippen molar-refractivity contribution in [2.24, 2.45) is 0 Å². The van der Waals surface area contributed by atoms with Crippen molar-refractivity contribution in [1.29, 1.82) is 0 Å². The predicted molar refractivity (Wildman–Crippen MR) is 75.1 cm³/mol. The highest BCUT2D eigenvalue weighted by molar-refractivity contribution is 5.94. The first-order chi connectivity index (χ1) is 9.20. The number of amides is 1. The van der Waals surface area contributed by atoms with Gasteiger partial charge in [-0.1, -0.05) is 12.1 Å². The molecule has 2 unspecified atom stereocenters. The molecule has 1 fully saturated rings. The van der Waals surface area contributed by atoms with Crippen LogP contribution in [0.25, 0.3) is 0 Å². The fourth-order valence-electron chi connectivity index (χ4n) is 2.41. The normalized spacial score (nSPS) is 23.1. The maximum absolute atomic E-state index is 12.2. The van der Waals surface area contributed by atoms with Crippen molar-refractivity contribution in [3.8, 4) is 0 Å². The van der Waals surface area contributed by atoms with E-state index in [9.17, 15) is 4.79 Å². The highest BCUT2D eigenvalue weighted by Gasteiger charge is 2.22. The van der Waals surface area contributed by atoms with Gasteiger partial charge in [0.05, 0.1) is 6.61 Å². The van der Waals surface area contributed by atoms with Crippen molar-refractivity contribution in [3.05, 3.63) is 35.4 Å². The van der Waals surface area contributed by atoms with E-state index in [0.717, 1.165) is 24.9 Å². The fourth-order valence-corrected chi connectivity index (χ4v) is 2.41. The second-order valence-corrected chi connectivity index (χ2v) is 5.09. The lowest BCUT2D eigenvalue weighted by Gasteiger charge is -2.30. The Morgan fingerprint density at radius 3 is 2.79 bits per heavy atom. The summed E-state index contributed by atoms with van der Waals surface area (Å²) < 4.78 is 5.05. The van der Waals surface area contributed by atoms with Gasteiger partial charge in [-0.3, -0.25) is 4.79 Å². The first-order valence-electron chi connectivity index (χ1n) is 6.83. The first kappa shape index (κ1) is 14.0. The van der Waals surface area contributed by atoms with Crippen LogP contribution < -0.4 is 10.6 Å². The number of carbonyl (C=O) groups excluding carboxylic acids is 1. The Kier molecular flexibility index (Phi) is 4.93. The Bertz CT molecular complexity index is 417. The third-order valence-corrected chi connectivity index (χ3v) is 3.61. The van der Waals surface area contributed by atoms with Gasteiger partial charge < -0.3 is 15.4 Å². The van der Waals surface area contributed by atoms with Crippen LogP contribution in [0.2, 0.25) is 0 Å². The number of hydrogen-bond acceptors (Lipinski definition) is 3. The second kappa shape index (κ2) is 6.68. The van der Waals surface area contributed by atoms with E-state index in [1.807, 2.05) is 24.3 Å². The zero-order chi connectivity index (χ0) is 13.7. The van der Waals surface area contributed by atoms with E-state index in [1.54, 1.807) is 7.11 Å². The summed E-state index contributed by atoms with van der Waals surface area (Å²) in [6.45, 7) is 3.73. The van der Waals surface area contributed by atoms with Crippen LogP contribution in [0.3, 0.4) is 0 Å². The molecule has 1 amide bonds. The van der Waals surface area contributed by atoms with E-state index in [1.165, 1.54) is 0 Å². The molecule has 104 valence electrons. The molecule has 4 heteroatoms. The van der Waals surface area contributed by atoms with Gasteiger partial charge in [0, 0.05) is 24.8 Å². The molecule has 0 spiro atoms. The molecule has 1 aliphatic heterocycles. The zero-order valence-corrected chi connectivity index (χ0v) is 11.6. The van der Waals surface area contributed by atoms with Crippen LogP contribution in [-0.4, -0.2) is 31.6 Å². The van der Waals surface area contributed by atoms with Crippen molar-refractivity contribution >= 4 is 5.91 Å². The molecular weight excluding hydrogens is 240 g/mol. The molecule has 4 nitrogen and oxygen atoms in total. The lowest BCUT2D eigenvalue weighted by molar-refractivity contribution is 0.0919. The summed E-state index contributed by atoms with van der Waals surface area (Å²) in [6, 6.07) is 8.13. The molecule has 0 bridgehead atoms. The quantitative estimate of drug-likeness (QED) is 0.868. The highest BCUT2D eigenvalue weighted by atomic mass is 16.5. The van der Waals surface area contributed by atoms with Gasteiger partial charge in [0.2, 0.25) is 0 Å². The molecule has 19 heavy (non-hydrogen) atoms. The molecule has 0 aliphatic carbocycles. The molecule has 0 radical (unpaired) electrons. The lowest BCUT2D eigenvalue weighted by atomic mass is 9.99. The van der Waals surface area contributed by atoms with Gasteiger partial charge in [-0.15, -0.1) is 0 Å². The number of nitrogens with one attached hydrogen (secondary N) is 2. The van der Waals surface area contributed by atoms with Crippen LogP contribution in [0.4, 0.5) is 0 Å². The Balaban J connectivity index is 1.95. The van der Waals surface area contributed by atoms with Gasteiger partial charge in [0.15, 0.2) is 0 Å². The van der Waals surface area contributed by atoms with Gasteiger partial charge in [-0.25, -0.2) is 0 Å². The topological polar surface area (TPSA) is 50.4 Å². The Hall–Kier alpha value is -1.39. The Morgan fingerprint density at radius 1 is 1.42 bits per heavy atom. The fraction of sp³-hybridized carbons (Fsp3) is 0.533. The molecule has 1 heterocycles. The molecule has 2 N–H and O–H groups in total. The van der Waals surface area contributed by atoms with Gasteiger partial charge in [-0.05, 0) is 44.0 Å². The third-order valence-electron chi connectivity index (χ3n) is 3.61. The van der Waals surface area contributed by atoms with Crippen LogP contribution in [0.15, 0.2) is 24.3 Å².